The lowest BCUT2D eigenvalue weighted by Gasteiger charge is -2.15. The fourth-order valence-corrected chi connectivity index (χ4v) is 2.20. The van der Waals surface area contributed by atoms with E-state index in [1.54, 1.807) is 11.1 Å². The van der Waals surface area contributed by atoms with Crippen LogP contribution in [0.4, 0.5) is 10.5 Å². The Balaban J connectivity index is 2.02. The van der Waals surface area contributed by atoms with E-state index in [0.717, 1.165) is 16.6 Å². The second-order valence-electron chi connectivity index (χ2n) is 5.09. The van der Waals surface area contributed by atoms with Crippen molar-refractivity contribution >= 4 is 22.7 Å². The maximum absolute atomic E-state index is 11.8. The third-order valence-corrected chi connectivity index (χ3v) is 3.02. The molecule has 0 bridgehead atoms. The fraction of sp³-hybridized carbons (Fsp3) is 0.286. The molecule has 0 spiro atoms. The largest absolute Gasteiger partial charge is 0.441 e. The van der Waals surface area contributed by atoms with Crippen LogP contribution in [0.15, 0.2) is 36.5 Å². The van der Waals surface area contributed by atoms with Crippen molar-refractivity contribution in [2.45, 2.75) is 19.4 Å². The number of rotatable bonds is 1. The molecule has 3 rings (SSSR count). The standard InChI is InChI=1S/C14H14N2O2/c1-14(2)9-16(13(17)18-14)11-5-6-12-10(8-11)4-3-7-15-12/h3-8H,9H2,1-2H3. The van der Waals surface area contributed by atoms with Gasteiger partial charge in [-0.2, -0.15) is 0 Å². The molecule has 1 amide bonds. The van der Waals surface area contributed by atoms with Gasteiger partial charge < -0.3 is 4.74 Å². The van der Waals surface area contributed by atoms with Gasteiger partial charge in [-0.15, -0.1) is 0 Å². The number of nitrogens with zero attached hydrogens (tertiary/aromatic N) is 2. The van der Waals surface area contributed by atoms with Gasteiger partial charge >= 0.3 is 6.09 Å². The molecule has 1 aliphatic heterocycles. The maximum atomic E-state index is 11.8. The number of fused-ring (bicyclic) bond motifs is 1. The summed E-state index contributed by atoms with van der Waals surface area (Å²) < 4.78 is 5.30. The van der Waals surface area contributed by atoms with Crippen LogP contribution < -0.4 is 4.90 Å². The minimum Gasteiger partial charge on any atom is -0.441 e. The van der Waals surface area contributed by atoms with Gasteiger partial charge in [-0.3, -0.25) is 9.88 Å². The number of pyridine rings is 1. The van der Waals surface area contributed by atoms with Gasteiger partial charge in [-0.1, -0.05) is 6.07 Å². The third-order valence-electron chi connectivity index (χ3n) is 3.02. The number of ether oxygens (including phenoxy) is 1. The zero-order chi connectivity index (χ0) is 12.8. The highest BCUT2D eigenvalue weighted by molar-refractivity contribution is 5.93. The first-order chi connectivity index (χ1) is 8.55. The van der Waals surface area contributed by atoms with Crippen molar-refractivity contribution in [1.82, 2.24) is 4.98 Å². The summed E-state index contributed by atoms with van der Waals surface area (Å²) in [5.74, 6) is 0. The van der Waals surface area contributed by atoms with Crippen LogP contribution in [-0.4, -0.2) is 23.2 Å². The highest BCUT2D eigenvalue weighted by Gasteiger charge is 2.38. The SMILES string of the molecule is CC1(C)CN(c2ccc3ncccc3c2)C(=O)O1. The minimum atomic E-state index is -0.430. The lowest BCUT2D eigenvalue weighted by Crippen LogP contribution is -2.28. The highest BCUT2D eigenvalue weighted by Crippen LogP contribution is 2.29. The summed E-state index contributed by atoms with van der Waals surface area (Å²) in [6.07, 6.45) is 1.47. The van der Waals surface area contributed by atoms with Crippen molar-refractivity contribution in [2.75, 3.05) is 11.4 Å². The first kappa shape index (κ1) is 11.0. The first-order valence-corrected chi connectivity index (χ1v) is 5.90. The number of benzene rings is 1. The molecule has 0 radical (unpaired) electrons. The summed E-state index contributed by atoms with van der Waals surface area (Å²) in [6, 6.07) is 9.66. The van der Waals surface area contributed by atoms with Crippen LogP contribution in [0.5, 0.6) is 0 Å². The van der Waals surface area contributed by atoms with Crippen molar-refractivity contribution in [3.8, 4) is 0 Å². The van der Waals surface area contributed by atoms with Gasteiger partial charge in [-0.05, 0) is 38.1 Å². The molecule has 2 heterocycles. The predicted molar refractivity (Wildman–Crippen MR) is 69.6 cm³/mol. The van der Waals surface area contributed by atoms with Crippen LogP contribution in [0.2, 0.25) is 0 Å². The van der Waals surface area contributed by atoms with E-state index in [4.69, 9.17) is 4.74 Å². The molecule has 4 heteroatoms. The van der Waals surface area contributed by atoms with Gasteiger partial charge in [0.15, 0.2) is 0 Å². The van der Waals surface area contributed by atoms with Gasteiger partial charge in [0, 0.05) is 17.3 Å². The Morgan fingerprint density at radius 2 is 2.17 bits per heavy atom. The van der Waals surface area contributed by atoms with E-state index in [1.165, 1.54) is 0 Å². The van der Waals surface area contributed by atoms with Crippen LogP contribution in [0.3, 0.4) is 0 Å². The maximum Gasteiger partial charge on any atom is 0.415 e. The molecular weight excluding hydrogens is 228 g/mol. The molecule has 18 heavy (non-hydrogen) atoms. The monoisotopic (exact) mass is 242 g/mol. The van der Waals surface area contributed by atoms with Gasteiger partial charge in [0.1, 0.15) is 5.60 Å². The van der Waals surface area contributed by atoms with Crippen molar-refractivity contribution in [2.24, 2.45) is 0 Å². The van der Waals surface area contributed by atoms with Gasteiger partial charge in [0.05, 0.1) is 12.1 Å². The molecular formula is C14H14N2O2. The smallest absolute Gasteiger partial charge is 0.415 e. The summed E-state index contributed by atoms with van der Waals surface area (Å²) in [5, 5.41) is 1.02. The normalized spacial score (nSPS) is 18.1. The van der Waals surface area contributed by atoms with Crippen molar-refractivity contribution in [3.63, 3.8) is 0 Å². The molecule has 1 saturated heterocycles. The fourth-order valence-electron chi connectivity index (χ4n) is 2.20. The van der Waals surface area contributed by atoms with Crippen molar-refractivity contribution in [3.05, 3.63) is 36.5 Å². The third kappa shape index (κ3) is 1.79. The minimum absolute atomic E-state index is 0.289. The van der Waals surface area contributed by atoms with E-state index < -0.39 is 5.60 Å². The quantitative estimate of drug-likeness (QED) is 0.772. The summed E-state index contributed by atoms with van der Waals surface area (Å²) >= 11 is 0. The van der Waals surface area contributed by atoms with Crippen LogP contribution in [0, 0.1) is 0 Å². The van der Waals surface area contributed by atoms with Crippen LogP contribution in [-0.2, 0) is 4.74 Å². The molecule has 92 valence electrons. The van der Waals surface area contributed by atoms with E-state index in [1.807, 2.05) is 44.2 Å². The molecule has 0 atom stereocenters. The average Bonchev–Trinajstić information content (AvgIpc) is 2.62. The summed E-state index contributed by atoms with van der Waals surface area (Å²) in [7, 11) is 0. The molecule has 4 nitrogen and oxygen atoms in total. The second-order valence-corrected chi connectivity index (χ2v) is 5.09. The Hall–Kier alpha value is -2.10. The number of hydrogen-bond acceptors (Lipinski definition) is 3. The Bertz CT molecular complexity index is 622. The highest BCUT2D eigenvalue weighted by atomic mass is 16.6. The molecule has 1 aromatic carbocycles. The average molecular weight is 242 g/mol. The van der Waals surface area contributed by atoms with Crippen molar-refractivity contribution < 1.29 is 9.53 Å². The second kappa shape index (κ2) is 3.70. The molecule has 1 aliphatic rings. The number of hydrogen-bond donors (Lipinski definition) is 0. The number of carbonyl (C=O) groups is 1. The van der Waals surface area contributed by atoms with Crippen LogP contribution >= 0.6 is 0 Å². The zero-order valence-corrected chi connectivity index (χ0v) is 10.4. The molecule has 1 aromatic heterocycles. The molecule has 0 saturated carbocycles. The first-order valence-electron chi connectivity index (χ1n) is 5.90. The van der Waals surface area contributed by atoms with E-state index in [9.17, 15) is 4.79 Å². The van der Waals surface area contributed by atoms with Crippen molar-refractivity contribution in [1.29, 1.82) is 0 Å². The summed E-state index contributed by atoms with van der Waals surface area (Å²) in [6.45, 7) is 4.39. The molecule has 1 fully saturated rings. The Kier molecular flexibility index (Phi) is 2.26. The molecule has 0 aliphatic carbocycles. The van der Waals surface area contributed by atoms with E-state index >= 15 is 0 Å². The lowest BCUT2D eigenvalue weighted by molar-refractivity contribution is 0.0871. The molecule has 0 unspecified atom stereocenters. The van der Waals surface area contributed by atoms with Crippen LogP contribution in [0.25, 0.3) is 10.9 Å². The van der Waals surface area contributed by atoms with E-state index in [2.05, 4.69) is 4.98 Å². The predicted octanol–water partition coefficient (Wildman–Crippen LogP) is 2.97. The molecule has 0 N–H and O–H groups in total. The van der Waals surface area contributed by atoms with E-state index in [0.29, 0.717) is 6.54 Å². The van der Waals surface area contributed by atoms with Crippen LogP contribution in [0.1, 0.15) is 13.8 Å². The Morgan fingerprint density at radius 1 is 1.33 bits per heavy atom. The number of carbonyl (C=O) groups excluding carboxylic acids is 1. The topological polar surface area (TPSA) is 42.4 Å². The van der Waals surface area contributed by atoms with Gasteiger partial charge in [-0.25, -0.2) is 4.79 Å². The molecule has 2 aromatic rings. The Labute approximate surface area is 105 Å². The zero-order valence-electron chi connectivity index (χ0n) is 10.4. The number of amides is 1. The summed E-state index contributed by atoms with van der Waals surface area (Å²) in [4.78, 5) is 17.7. The number of aromatic nitrogens is 1. The Morgan fingerprint density at radius 3 is 2.89 bits per heavy atom. The number of cyclic esters (lactones) is 1. The van der Waals surface area contributed by atoms with Gasteiger partial charge in [0.2, 0.25) is 0 Å². The lowest BCUT2D eigenvalue weighted by atomic mass is 10.1. The summed E-state index contributed by atoms with van der Waals surface area (Å²) in [5.41, 5.74) is 1.35. The van der Waals surface area contributed by atoms with Gasteiger partial charge in [0.25, 0.3) is 0 Å². The van der Waals surface area contributed by atoms with E-state index in [-0.39, 0.29) is 6.09 Å². The number of anilines is 1.